The molecule has 0 aliphatic carbocycles. The maximum Gasteiger partial charge on any atom is 0.293 e. The molecule has 5 heteroatoms. The third-order valence-electron chi connectivity index (χ3n) is 3.88. The highest BCUT2D eigenvalue weighted by atomic mass is 16.6. The lowest BCUT2D eigenvalue weighted by Gasteiger charge is -2.28. The number of ether oxygens (including phenoxy) is 2. The molecular formula is C18H25NO4. The largest absolute Gasteiger partial charge is 0.451 e. The van der Waals surface area contributed by atoms with Gasteiger partial charge in [0.15, 0.2) is 17.3 Å². The van der Waals surface area contributed by atoms with Crippen molar-refractivity contribution in [2.45, 2.75) is 46.1 Å². The van der Waals surface area contributed by atoms with Gasteiger partial charge in [0, 0.05) is 13.1 Å². The number of fused-ring (bicyclic) bond motifs is 1. The number of hydrogen-bond acceptors (Lipinski definition) is 4. The van der Waals surface area contributed by atoms with Crippen molar-refractivity contribution in [2.75, 3.05) is 13.1 Å². The summed E-state index contributed by atoms with van der Waals surface area (Å²) in [6.45, 7) is 7.01. The molecular weight excluding hydrogens is 294 g/mol. The number of carbonyl (C=O) groups excluding carboxylic acids is 1. The van der Waals surface area contributed by atoms with Crippen LogP contribution in [-0.2, 0) is 4.79 Å². The Morgan fingerprint density at radius 3 is 2.30 bits per heavy atom. The first kappa shape index (κ1) is 17.3. The highest BCUT2D eigenvalue weighted by Gasteiger charge is 2.32. The number of benzene rings is 1. The number of unbranched alkanes of at least 4 members (excludes halogenated alkanes) is 1. The zero-order valence-electron chi connectivity index (χ0n) is 14.0. The van der Waals surface area contributed by atoms with Crippen molar-refractivity contribution in [3.8, 4) is 11.5 Å². The van der Waals surface area contributed by atoms with Gasteiger partial charge in [0.2, 0.25) is 5.76 Å². The molecule has 0 saturated carbocycles. The molecule has 0 radical (unpaired) electrons. The summed E-state index contributed by atoms with van der Waals surface area (Å²) < 4.78 is 11.6. The van der Waals surface area contributed by atoms with Crippen LogP contribution in [0, 0.1) is 0 Å². The van der Waals surface area contributed by atoms with Crippen molar-refractivity contribution in [3.05, 3.63) is 35.8 Å². The van der Waals surface area contributed by atoms with Crippen LogP contribution < -0.4 is 9.47 Å². The summed E-state index contributed by atoms with van der Waals surface area (Å²) in [5, 5.41) is 10.4. The van der Waals surface area contributed by atoms with Crippen molar-refractivity contribution in [2.24, 2.45) is 0 Å². The fraction of sp³-hybridized carbons (Fsp3) is 0.500. The van der Waals surface area contributed by atoms with Crippen LogP contribution in [0.15, 0.2) is 35.8 Å². The van der Waals surface area contributed by atoms with Gasteiger partial charge >= 0.3 is 0 Å². The lowest BCUT2D eigenvalue weighted by molar-refractivity contribution is -0.129. The topological polar surface area (TPSA) is 59.0 Å². The van der Waals surface area contributed by atoms with Crippen molar-refractivity contribution >= 4 is 5.91 Å². The van der Waals surface area contributed by atoms with E-state index in [1.807, 2.05) is 26.0 Å². The summed E-state index contributed by atoms with van der Waals surface area (Å²) in [6.07, 6.45) is 1.49. The molecule has 1 aromatic rings. The third kappa shape index (κ3) is 3.85. The van der Waals surface area contributed by atoms with Crippen molar-refractivity contribution in [1.29, 1.82) is 0 Å². The third-order valence-corrected chi connectivity index (χ3v) is 3.88. The molecule has 1 unspecified atom stereocenters. The molecule has 0 bridgehead atoms. The summed E-state index contributed by atoms with van der Waals surface area (Å²) in [5.41, 5.74) is 0. The molecule has 0 spiro atoms. The van der Waals surface area contributed by atoms with E-state index in [0.717, 1.165) is 12.8 Å². The minimum absolute atomic E-state index is 0.0935. The SMILES string of the molecule is CCCCC(O)C1=C(C(=O)N(CC)CC)Oc2ccccc2O1. The average molecular weight is 319 g/mol. The standard InChI is InChI=1S/C18H25NO4/c1-4-7-10-13(20)16-17(18(21)19(5-2)6-3)23-15-12-9-8-11-14(15)22-16/h8-9,11-13,20H,4-7,10H2,1-3H3. The van der Waals surface area contributed by atoms with Crippen LogP contribution in [0.4, 0.5) is 0 Å². The Hall–Kier alpha value is -2.01. The minimum Gasteiger partial charge on any atom is -0.451 e. The van der Waals surface area contributed by atoms with E-state index in [1.165, 1.54) is 0 Å². The van der Waals surface area contributed by atoms with Gasteiger partial charge in [0.1, 0.15) is 6.10 Å². The Labute approximate surface area is 137 Å². The molecule has 1 aromatic carbocycles. The van der Waals surface area contributed by atoms with Gasteiger partial charge in [0.05, 0.1) is 0 Å². The molecule has 1 aliphatic rings. The van der Waals surface area contributed by atoms with E-state index in [9.17, 15) is 9.90 Å². The summed E-state index contributed by atoms with van der Waals surface area (Å²) in [7, 11) is 0. The summed E-state index contributed by atoms with van der Waals surface area (Å²) in [6, 6.07) is 7.16. The first-order chi connectivity index (χ1) is 11.1. The molecule has 1 N–H and O–H groups in total. The van der Waals surface area contributed by atoms with Crippen molar-refractivity contribution in [3.63, 3.8) is 0 Å². The van der Waals surface area contributed by atoms with Crippen LogP contribution in [-0.4, -0.2) is 35.1 Å². The van der Waals surface area contributed by atoms with Crippen LogP contribution in [0.5, 0.6) is 11.5 Å². The van der Waals surface area contributed by atoms with Crippen molar-refractivity contribution < 1.29 is 19.4 Å². The maximum absolute atomic E-state index is 12.7. The summed E-state index contributed by atoms with van der Waals surface area (Å²) in [5.74, 6) is 1.07. The first-order valence-corrected chi connectivity index (χ1v) is 8.28. The number of hydrogen-bond donors (Lipinski definition) is 1. The number of aliphatic hydroxyl groups excluding tert-OH is 1. The van der Waals surface area contributed by atoms with E-state index in [4.69, 9.17) is 9.47 Å². The highest BCUT2D eigenvalue weighted by Crippen LogP contribution is 2.36. The van der Waals surface area contributed by atoms with E-state index < -0.39 is 6.10 Å². The second kappa shape index (κ2) is 8.02. The Kier molecular flexibility index (Phi) is 6.04. The summed E-state index contributed by atoms with van der Waals surface area (Å²) >= 11 is 0. The predicted molar refractivity (Wildman–Crippen MR) is 88.2 cm³/mol. The lowest BCUT2D eigenvalue weighted by Crippen LogP contribution is -2.37. The van der Waals surface area contributed by atoms with Gasteiger partial charge in [-0.05, 0) is 32.4 Å². The minimum atomic E-state index is -0.849. The van der Waals surface area contributed by atoms with Gasteiger partial charge < -0.3 is 19.5 Å². The Morgan fingerprint density at radius 2 is 1.74 bits per heavy atom. The Morgan fingerprint density at radius 1 is 1.13 bits per heavy atom. The zero-order chi connectivity index (χ0) is 16.8. The fourth-order valence-corrected chi connectivity index (χ4v) is 2.50. The van der Waals surface area contributed by atoms with Crippen molar-refractivity contribution in [1.82, 2.24) is 4.90 Å². The number of para-hydroxylation sites is 2. The molecule has 1 atom stereocenters. The Bertz CT molecular complexity index is 578. The van der Waals surface area contributed by atoms with Gasteiger partial charge in [-0.15, -0.1) is 0 Å². The van der Waals surface area contributed by atoms with Gasteiger partial charge in [0.25, 0.3) is 5.91 Å². The summed E-state index contributed by atoms with van der Waals surface area (Å²) in [4.78, 5) is 14.4. The molecule has 2 rings (SSSR count). The van der Waals surface area contributed by atoms with Gasteiger partial charge in [-0.3, -0.25) is 4.79 Å². The van der Waals surface area contributed by atoms with E-state index >= 15 is 0 Å². The zero-order valence-corrected chi connectivity index (χ0v) is 14.0. The average Bonchev–Trinajstić information content (AvgIpc) is 2.59. The number of carbonyl (C=O) groups is 1. The number of nitrogens with zero attached hydrogens (tertiary/aromatic N) is 1. The van der Waals surface area contributed by atoms with E-state index in [-0.39, 0.29) is 17.4 Å². The van der Waals surface area contributed by atoms with Crippen LogP contribution in [0.1, 0.15) is 40.0 Å². The molecule has 5 nitrogen and oxygen atoms in total. The quantitative estimate of drug-likeness (QED) is 0.839. The number of likely N-dealkylation sites (N-methyl/N-ethyl adjacent to an activating group) is 1. The first-order valence-electron chi connectivity index (χ1n) is 8.28. The van der Waals surface area contributed by atoms with Crippen LogP contribution >= 0.6 is 0 Å². The fourth-order valence-electron chi connectivity index (χ4n) is 2.50. The van der Waals surface area contributed by atoms with E-state index in [1.54, 1.807) is 17.0 Å². The smallest absolute Gasteiger partial charge is 0.293 e. The van der Waals surface area contributed by atoms with Crippen LogP contribution in [0.2, 0.25) is 0 Å². The van der Waals surface area contributed by atoms with Gasteiger partial charge in [-0.1, -0.05) is 31.9 Å². The molecule has 0 saturated heterocycles. The number of aliphatic hydroxyl groups is 1. The number of rotatable bonds is 7. The molecule has 23 heavy (non-hydrogen) atoms. The van der Waals surface area contributed by atoms with Crippen LogP contribution in [0.3, 0.4) is 0 Å². The molecule has 0 aromatic heterocycles. The molecule has 1 amide bonds. The molecule has 1 heterocycles. The Balaban J connectivity index is 2.36. The molecule has 1 aliphatic heterocycles. The lowest BCUT2D eigenvalue weighted by atomic mass is 10.1. The number of amides is 1. The molecule has 126 valence electrons. The van der Waals surface area contributed by atoms with Crippen LogP contribution in [0.25, 0.3) is 0 Å². The maximum atomic E-state index is 12.7. The van der Waals surface area contributed by atoms with Gasteiger partial charge in [-0.2, -0.15) is 0 Å². The van der Waals surface area contributed by atoms with E-state index in [0.29, 0.717) is 31.0 Å². The monoisotopic (exact) mass is 319 g/mol. The predicted octanol–water partition coefficient (Wildman–Crippen LogP) is 3.09. The second-order valence-electron chi connectivity index (χ2n) is 5.48. The van der Waals surface area contributed by atoms with Gasteiger partial charge in [-0.25, -0.2) is 0 Å². The normalized spacial score (nSPS) is 14.6. The molecule has 0 fully saturated rings. The second-order valence-corrected chi connectivity index (χ2v) is 5.48. The van der Waals surface area contributed by atoms with E-state index in [2.05, 4.69) is 6.92 Å². The highest BCUT2D eigenvalue weighted by molar-refractivity contribution is 5.93.